The standard InChI is InChI=1S/C22H28N4OS2/c1-15-12-24-22(29-15)20-14-26(28)21-19(20)11-17(13-23-21)16-3-5-18(6-4-16)25-7-2-9-27-10-8-25/h11-14,16,18,28H,2-10H2,1H3/t16-,18-. The molecule has 3 aromatic heterocycles. The summed E-state index contributed by atoms with van der Waals surface area (Å²) in [6.45, 7) is 6.19. The fraction of sp³-hybridized carbons (Fsp3) is 0.545. The Morgan fingerprint density at radius 3 is 2.76 bits per heavy atom. The number of thiol groups is 1. The van der Waals surface area contributed by atoms with Crippen molar-refractivity contribution in [2.75, 3.05) is 26.3 Å². The van der Waals surface area contributed by atoms with E-state index in [0.717, 1.165) is 42.0 Å². The van der Waals surface area contributed by atoms with Crippen LogP contribution in [0.4, 0.5) is 0 Å². The molecule has 2 aliphatic rings. The highest BCUT2D eigenvalue weighted by Crippen LogP contribution is 2.38. The van der Waals surface area contributed by atoms with Gasteiger partial charge in [0.25, 0.3) is 0 Å². The molecule has 0 aromatic carbocycles. The Hall–Kier alpha value is -1.41. The summed E-state index contributed by atoms with van der Waals surface area (Å²) in [6, 6.07) is 3.06. The normalized spacial score (nSPS) is 24.1. The Balaban J connectivity index is 1.36. The van der Waals surface area contributed by atoms with Gasteiger partial charge in [0.05, 0.1) is 6.61 Å². The summed E-state index contributed by atoms with van der Waals surface area (Å²) in [5, 5.41) is 2.21. The smallest absolute Gasteiger partial charge is 0.150 e. The number of pyridine rings is 1. The van der Waals surface area contributed by atoms with Crippen LogP contribution in [0.3, 0.4) is 0 Å². The van der Waals surface area contributed by atoms with Gasteiger partial charge in [0.15, 0.2) is 0 Å². The lowest BCUT2D eigenvalue weighted by Crippen LogP contribution is -2.39. The second kappa shape index (κ2) is 8.38. The van der Waals surface area contributed by atoms with Crippen LogP contribution < -0.4 is 0 Å². The van der Waals surface area contributed by atoms with E-state index in [9.17, 15) is 0 Å². The van der Waals surface area contributed by atoms with Crippen LogP contribution in [0, 0.1) is 6.92 Å². The average Bonchev–Trinajstić information content (AvgIpc) is 3.19. The molecule has 1 saturated heterocycles. The van der Waals surface area contributed by atoms with E-state index in [0.29, 0.717) is 5.92 Å². The molecule has 3 aromatic rings. The van der Waals surface area contributed by atoms with Crippen LogP contribution in [0.15, 0.2) is 24.7 Å². The highest BCUT2D eigenvalue weighted by molar-refractivity contribution is 7.78. The van der Waals surface area contributed by atoms with Gasteiger partial charge in [-0.15, -0.1) is 11.3 Å². The maximum Gasteiger partial charge on any atom is 0.150 e. The van der Waals surface area contributed by atoms with Gasteiger partial charge < -0.3 is 4.74 Å². The SMILES string of the molecule is Cc1cnc(-c2cn(S)c3ncc([C@H]4CC[C@H](N5CCCOCC5)CC4)cc23)s1. The Kier molecular flexibility index (Phi) is 5.65. The minimum Gasteiger partial charge on any atom is -0.380 e. The number of rotatable bonds is 3. The second-order valence-electron chi connectivity index (χ2n) is 8.31. The van der Waals surface area contributed by atoms with E-state index < -0.39 is 0 Å². The fourth-order valence-corrected chi connectivity index (χ4v) is 5.95. The molecule has 154 valence electrons. The monoisotopic (exact) mass is 428 g/mol. The highest BCUT2D eigenvalue weighted by Gasteiger charge is 2.28. The molecule has 29 heavy (non-hydrogen) atoms. The van der Waals surface area contributed by atoms with E-state index in [4.69, 9.17) is 9.72 Å². The topological polar surface area (TPSA) is 43.2 Å². The second-order valence-corrected chi connectivity index (χ2v) is 9.98. The predicted molar refractivity (Wildman–Crippen MR) is 122 cm³/mol. The van der Waals surface area contributed by atoms with E-state index >= 15 is 0 Å². The third kappa shape index (κ3) is 3.98. The molecule has 5 rings (SSSR count). The van der Waals surface area contributed by atoms with Crippen LogP contribution in [0.25, 0.3) is 21.6 Å². The molecule has 2 fully saturated rings. The average molecular weight is 429 g/mol. The zero-order valence-electron chi connectivity index (χ0n) is 16.9. The number of thiazole rings is 1. The molecular formula is C22H28N4OS2. The van der Waals surface area contributed by atoms with Crippen LogP contribution in [0.5, 0.6) is 0 Å². The number of hydrogen-bond donors (Lipinski definition) is 1. The quantitative estimate of drug-likeness (QED) is 0.602. The minimum atomic E-state index is 0.598. The van der Waals surface area contributed by atoms with Gasteiger partial charge in [-0.2, -0.15) is 0 Å². The minimum absolute atomic E-state index is 0.598. The Morgan fingerprint density at radius 2 is 1.97 bits per heavy atom. The lowest BCUT2D eigenvalue weighted by atomic mass is 9.81. The van der Waals surface area contributed by atoms with Crippen molar-refractivity contribution in [2.45, 2.75) is 51.0 Å². The van der Waals surface area contributed by atoms with E-state index in [2.05, 4.69) is 41.9 Å². The van der Waals surface area contributed by atoms with Crippen molar-refractivity contribution >= 4 is 35.2 Å². The van der Waals surface area contributed by atoms with Crippen molar-refractivity contribution in [3.8, 4) is 10.6 Å². The van der Waals surface area contributed by atoms with Gasteiger partial charge in [0.2, 0.25) is 0 Å². The fourth-order valence-electron chi connectivity index (χ4n) is 4.89. The molecule has 0 radical (unpaired) electrons. The van der Waals surface area contributed by atoms with Crippen molar-refractivity contribution in [1.82, 2.24) is 18.8 Å². The van der Waals surface area contributed by atoms with Crippen molar-refractivity contribution in [2.24, 2.45) is 0 Å². The van der Waals surface area contributed by atoms with Crippen LogP contribution in [-0.4, -0.2) is 51.2 Å². The number of aryl methyl sites for hydroxylation is 1. The first kappa shape index (κ1) is 19.5. The Morgan fingerprint density at radius 1 is 1.10 bits per heavy atom. The van der Waals surface area contributed by atoms with Gasteiger partial charge in [-0.05, 0) is 56.6 Å². The Bertz CT molecular complexity index is 982. The molecule has 1 aliphatic carbocycles. The Labute approximate surface area is 181 Å². The number of fused-ring (bicyclic) bond motifs is 1. The van der Waals surface area contributed by atoms with Gasteiger partial charge in [0, 0.05) is 60.2 Å². The molecule has 4 heterocycles. The largest absolute Gasteiger partial charge is 0.380 e. The molecule has 0 N–H and O–H groups in total. The number of ether oxygens (including phenoxy) is 1. The molecule has 0 atom stereocenters. The molecule has 0 unspecified atom stereocenters. The van der Waals surface area contributed by atoms with Crippen LogP contribution >= 0.6 is 24.2 Å². The van der Waals surface area contributed by atoms with Crippen LogP contribution in [-0.2, 0) is 4.74 Å². The summed E-state index contributed by atoms with van der Waals surface area (Å²) in [5.74, 6) is 0.598. The molecule has 1 saturated carbocycles. The first-order valence-electron chi connectivity index (χ1n) is 10.6. The van der Waals surface area contributed by atoms with E-state index in [1.165, 1.54) is 54.5 Å². The summed E-state index contributed by atoms with van der Waals surface area (Å²) >= 11 is 6.31. The molecule has 1 aliphatic heterocycles. The molecule has 0 amide bonds. The van der Waals surface area contributed by atoms with Gasteiger partial charge >= 0.3 is 0 Å². The van der Waals surface area contributed by atoms with Crippen LogP contribution in [0.1, 0.15) is 48.5 Å². The number of aromatic nitrogens is 3. The van der Waals surface area contributed by atoms with Gasteiger partial charge in [-0.1, -0.05) is 12.8 Å². The molecular weight excluding hydrogens is 400 g/mol. The van der Waals surface area contributed by atoms with Crippen molar-refractivity contribution in [3.05, 3.63) is 35.1 Å². The molecule has 5 nitrogen and oxygen atoms in total. The van der Waals surface area contributed by atoms with Gasteiger partial charge in [-0.3, -0.25) is 8.87 Å². The van der Waals surface area contributed by atoms with Crippen LogP contribution in [0.2, 0.25) is 0 Å². The summed E-state index contributed by atoms with van der Waals surface area (Å²) in [4.78, 5) is 13.2. The van der Waals surface area contributed by atoms with Crippen molar-refractivity contribution < 1.29 is 4.74 Å². The number of hydrogen-bond acceptors (Lipinski definition) is 6. The molecule has 7 heteroatoms. The van der Waals surface area contributed by atoms with Gasteiger partial charge in [-0.25, -0.2) is 9.97 Å². The van der Waals surface area contributed by atoms with Crippen molar-refractivity contribution in [1.29, 1.82) is 0 Å². The lowest BCUT2D eigenvalue weighted by molar-refractivity contribution is 0.118. The lowest BCUT2D eigenvalue weighted by Gasteiger charge is -2.36. The molecule has 0 spiro atoms. The number of nitrogens with zero attached hydrogens (tertiary/aromatic N) is 4. The maximum atomic E-state index is 5.64. The van der Waals surface area contributed by atoms with Gasteiger partial charge in [0.1, 0.15) is 10.7 Å². The highest BCUT2D eigenvalue weighted by atomic mass is 32.1. The third-order valence-corrected chi connectivity index (χ3v) is 7.69. The van der Waals surface area contributed by atoms with E-state index in [1.807, 2.05) is 16.4 Å². The zero-order valence-corrected chi connectivity index (χ0v) is 18.6. The van der Waals surface area contributed by atoms with E-state index in [1.54, 1.807) is 11.3 Å². The first-order valence-corrected chi connectivity index (χ1v) is 11.9. The maximum absolute atomic E-state index is 5.64. The zero-order chi connectivity index (χ0) is 19.8. The molecule has 0 bridgehead atoms. The van der Waals surface area contributed by atoms with Crippen molar-refractivity contribution in [3.63, 3.8) is 0 Å². The summed E-state index contributed by atoms with van der Waals surface area (Å²) in [5.41, 5.74) is 3.42. The summed E-state index contributed by atoms with van der Waals surface area (Å²) in [6.07, 6.45) is 12.2. The third-order valence-electron chi connectivity index (χ3n) is 6.44. The summed E-state index contributed by atoms with van der Waals surface area (Å²) in [7, 11) is 0. The van der Waals surface area contributed by atoms with E-state index in [-0.39, 0.29) is 0 Å². The summed E-state index contributed by atoms with van der Waals surface area (Å²) < 4.78 is 7.46. The first-order chi connectivity index (χ1) is 14.2. The predicted octanol–water partition coefficient (Wildman–Crippen LogP) is 4.91.